The number of halogens is 1. The summed E-state index contributed by atoms with van der Waals surface area (Å²) >= 11 is 2.20. The van der Waals surface area contributed by atoms with Gasteiger partial charge >= 0.3 is 5.97 Å². The number of hydrogen-bond donors (Lipinski definition) is 1. The van der Waals surface area contributed by atoms with E-state index in [4.69, 9.17) is 4.74 Å². The van der Waals surface area contributed by atoms with E-state index in [0.29, 0.717) is 5.75 Å². The summed E-state index contributed by atoms with van der Waals surface area (Å²) < 4.78 is 6.23. The van der Waals surface area contributed by atoms with Crippen molar-refractivity contribution in [2.24, 2.45) is 0 Å². The van der Waals surface area contributed by atoms with Crippen molar-refractivity contribution in [1.82, 2.24) is 5.32 Å². The Kier molecular flexibility index (Phi) is 4.34. The molecule has 0 amide bonds. The van der Waals surface area contributed by atoms with Gasteiger partial charge in [0.15, 0.2) is 0 Å². The highest BCUT2D eigenvalue weighted by atomic mass is 127. The Morgan fingerprint density at radius 3 is 2.50 bits per heavy atom. The molecule has 0 radical (unpaired) electrons. The van der Waals surface area contributed by atoms with Crippen LogP contribution in [0, 0.1) is 3.57 Å². The largest absolute Gasteiger partial charge is 0.425 e. The monoisotopic (exact) mass is 305 g/mol. The molecule has 0 aliphatic rings. The number of hydrogen-bond acceptors (Lipinski definition) is 3. The van der Waals surface area contributed by atoms with E-state index in [9.17, 15) is 4.79 Å². The van der Waals surface area contributed by atoms with Gasteiger partial charge in [-0.05, 0) is 60.8 Å². The summed E-state index contributed by atoms with van der Waals surface area (Å²) in [5, 5.41) is 2.82. The molecule has 0 bridgehead atoms. The minimum absolute atomic E-state index is 0.270. The third-order valence-electron chi connectivity index (χ3n) is 1.82. The molecule has 1 aromatic carbocycles. The molecule has 0 saturated carbocycles. The maximum Gasteiger partial charge on any atom is 0.328 e. The van der Waals surface area contributed by atoms with Gasteiger partial charge < -0.3 is 10.1 Å². The number of ether oxygens (including phenoxy) is 1. The Hall–Kier alpha value is -0.620. The number of rotatable bonds is 3. The first-order chi connectivity index (χ1) is 6.63. The van der Waals surface area contributed by atoms with Crippen molar-refractivity contribution >= 4 is 28.6 Å². The van der Waals surface area contributed by atoms with Crippen LogP contribution in [0.15, 0.2) is 24.3 Å². The maximum atomic E-state index is 11.3. The number of likely N-dealkylation sites (N-methyl/N-ethyl adjacent to an activating group) is 1. The summed E-state index contributed by atoms with van der Waals surface area (Å²) in [6, 6.07) is 7.07. The number of carbonyl (C=O) groups is 1. The van der Waals surface area contributed by atoms with Crippen molar-refractivity contribution < 1.29 is 9.53 Å². The van der Waals surface area contributed by atoms with Gasteiger partial charge in [0.05, 0.1) is 0 Å². The highest BCUT2D eigenvalue weighted by Crippen LogP contribution is 2.13. The molecule has 0 heterocycles. The van der Waals surface area contributed by atoms with E-state index in [1.807, 2.05) is 12.1 Å². The third kappa shape index (κ3) is 3.26. The summed E-state index contributed by atoms with van der Waals surface area (Å²) in [6.45, 7) is 1.76. The van der Waals surface area contributed by atoms with Crippen LogP contribution in [0.2, 0.25) is 0 Å². The van der Waals surface area contributed by atoms with Crippen LogP contribution in [0.5, 0.6) is 5.75 Å². The van der Waals surface area contributed by atoms with E-state index < -0.39 is 0 Å². The van der Waals surface area contributed by atoms with Gasteiger partial charge in [0, 0.05) is 3.57 Å². The first-order valence-electron chi connectivity index (χ1n) is 4.28. The van der Waals surface area contributed by atoms with Crippen LogP contribution >= 0.6 is 22.6 Å². The van der Waals surface area contributed by atoms with Gasteiger partial charge in [0.25, 0.3) is 0 Å². The fourth-order valence-electron chi connectivity index (χ4n) is 0.825. The van der Waals surface area contributed by atoms with Gasteiger partial charge in [0.2, 0.25) is 0 Å². The minimum atomic E-state index is -0.283. The van der Waals surface area contributed by atoms with Crippen LogP contribution in [0.3, 0.4) is 0 Å². The fraction of sp³-hybridized carbons (Fsp3) is 0.300. The average Bonchev–Trinajstić information content (AvgIpc) is 2.20. The standard InChI is InChI=1S/C10H12INO2/c1-7(12-2)10(13)14-9-5-3-8(11)4-6-9/h3-7,12H,1-2H3/t7-/m0/s1. The molecule has 0 aromatic heterocycles. The van der Waals surface area contributed by atoms with Crippen molar-refractivity contribution in [1.29, 1.82) is 0 Å². The number of nitrogens with one attached hydrogen (secondary N) is 1. The number of esters is 1. The molecule has 0 aliphatic heterocycles. The Labute approximate surface area is 97.0 Å². The Balaban J connectivity index is 2.60. The van der Waals surface area contributed by atoms with Crippen LogP contribution in [0.4, 0.5) is 0 Å². The predicted molar refractivity (Wildman–Crippen MR) is 63.3 cm³/mol. The van der Waals surface area contributed by atoms with E-state index >= 15 is 0 Å². The summed E-state index contributed by atoms with van der Waals surface area (Å²) in [7, 11) is 1.72. The molecule has 76 valence electrons. The lowest BCUT2D eigenvalue weighted by Gasteiger charge is -2.09. The summed E-state index contributed by atoms with van der Waals surface area (Å²) in [5.74, 6) is 0.311. The van der Waals surface area contributed by atoms with Crippen LogP contribution < -0.4 is 10.1 Å². The van der Waals surface area contributed by atoms with Gasteiger partial charge in [0.1, 0.15) is 11.8 Å². The smallest absolute Gasteiger partial charge is 0.328 e. The second-order valence-electron chi connectivity index (χ2n) is 2.89. The number of carbonyl (C=O) groups excluding carboxylic acids is 1. The van der Waals surface area contributed by atoms with Crippen molar-refractivity contribution in [2.45, 2.75) is 13.0 Å². The van der Waals surface area contributed by atoms with Crippen LogP contribution in [-0.2, 0) is 4.79 Å². The highest BCUT2D eigenvalue weighted by molar-refractivity contribution is 14.1. The Bertz CT molecular complexity index is 310. The summed E-state index contributed by atoms with van der Waals surface area (Å²) in [5.41, 5.74) is 0. The number of benzene rings is 1. The van der Waals surface area contributed by atoms with Crippen LogP contribution in [0.1, 0.15) is 6.92 Å². The molecule has 0 aliphatic carbocycles. The van der Waals surface area contributed by atoms with E-state index in [1.54, 1.807) is 26.1 Å². The van der Waals surface area contributed by atoms with E-state index in [2.05, 4.69) is 27.9 Å². The molecule has 1 aromatic rings. The summed E-state index contributed by atoms with van der Waals surface area (Å²) in [6.07, 6.45) is 0. The van der Waals surface area contributed by atoms with Crippen molar-refractivity contribution in [3.8, 4) is 5.75 Å². The van der Waals surface area contributed by atoms with E-state index in [0.717, 1.165) is 3.57 Å². The molecular weight excluding hydrogens is 293 g/mol. The van der Waals surface area contributed by atoms with Crippen molar-refractivity contribution in [3.05, 3.63) is 27.8 Å². The van der Waals surface area contributed by atoms with Gasteiger partial charge in [-0.2, -0.15) is 0 Å². The topological polar surface area (TPSA) is 38.3 Å². The molecule has 4 heteroatoms. The molecule has 1 atom stereocenters. The van der Waals surface area contributed by atoms with Crippen LogP contribution in [0.25, 0.3) is 0 Å². The molecule has 1 N–H and O–H groups in total. The lowest BCUT2D eigenvalue weighted by molar-refractivity contribution is -0.136. The van der Waals surface area contributed by atoms with Crippen molar-refractivity contribution in [2.75, 3.05) is 7.05 Å². The minimum Gasteiger partial charge on any atom is -0.425 e. The highest BCUT2D eigenvalue weighted by Gasteiger charge is 2.12. The Morgan fingerprint density at radius 1 is 1.43 bits per heavy atom. The molecular formula is C10H12INO2. The lowest BCUT2D eigenvalue weighted by atomic mass is 10.3. The van der Waals surface area contributed by atoms with E-state index in [-0.39, 0.29) is 12.0 Å². The normalized spacial score (nSPS) is 12.2. The SMILES string of the molecule is CN[C@@H](C)C(=O)Oc1ccc(I)cc1. The second kappa shape index (κ2) is 5.31. The molecule has 0 spiro atoms. The first kappa shape index (κ1) is 11.5. The maximum absolute atomic E-state index is 11.3. The zero-order chi connectivity index (χ0) is 10.6. The molecule has 3 nitrogen and oxygen atoms in total. The van der Waals surface area contributed by atoms with Gasteiger partial charge in [-0.1, -0.05) is 0 Å². The second-order valence-corrected chi connectivity index (χ2v) is 4.13. The molecule has 1 rings (SSSR count). The molecule has 0 fully saturated rings. The zero-order valence-electron chi connectivity index (χ0n) is 8.08. The third-order valence-corrected chi connectivity index (χ3v) is 2.54. The van der Waals surface area contributed by atoms with Gasteiger partial charge in [-0.25, -0.2) is 4.79 Å². The Morgan fingerprint density at radius 2 is 2.00 bits per heavy atom. The molecule has 0 saturated heterocycles. The fourth-order valence-corrected chi connectivity index (χ4v) is 1.18. The molecule has 14 heavy (non-hydrogen) atoms. The average molecular weight is 305 g/mol. The molecule has 0 unspecified atom stereocenters. The summed E-state index contributed by atoms with van der Waals surface area (Å²) in [4.78, 5) is 11.3. The van der Waals surface area contributed by atoms with E-state index in [1.165, 1.54) is 0 Å². The zero-order valence-corrected chi connectivity index (χ0v) is 10.2. The lowest BCUT2D eigenvalue weighted by Crippen LogP contribution is -2.34. The van der Waals surface area contributed by atoms with Crippen LogP contribution in [-0.4, -0.2) is 19.1 Å². The quantitative estimate of drug-likeness (QED) is 0.526. The predicted octanol–water partition coefficient (Wildman–Crippen LogP) is 1.80. The van der Waals surface area contributed by atoms with Gasteiger partial charge in [-0.3, -0.25) is 0 Å². The van der Waals surface area contributed by atoms with Gasteiger partial charge in [-0.15, -0.1) is 0 Å². The van der Waals surface area contributed by atoms with Crippen molar-refractivity contribution in [3.63, 3.8) is 0 Å². The first-order valence-corrected chi connectivity index (χ1v) is 5.36.